The lowest BCUT2D eigenvalue weighted by atomic mass is 10.1. The average molecular weight is 289 g/mol. The lowest BCUT2D eigenvalue weighted by Gasteiger charge is -2.34. The van der Waals surface area contributed by atoms with E-state index in [2.05, 4.69) is 23.9 Å². The zero-order valence-electron chi connectivity index (χ0n) is 12.3. The Kier molecular flexibility index (Phi) is 4.55. The van der Waals surface area contributed by atoms with E-state index in [1.54, 1.807) is 4.31 Å². The van der Waals surface area contributed by atoms with Crippen molar-refractivity contribution < 1.29 is 8.42 Å². The van der Waals surface area contributed by atoms with Gasteiger partial charge in [-0.15, -0.1) is 0 Å². The molecule has 19 heavy (non-hydrogen) atoms. The lowest BCUT2D eigenvalue weighted by molar-refractivity contribution is 0.246. The Balaban J connectivity index is 1.93. The van der Waals surface area contributed by atoms with Crippen molar-refractivity contribution in [3.05, 3.63) is 0 Å². The molecule has 5 nitrogen and oxygen atoms in total. The zero-order valence-corrected chi connectivity index (χ0v) is 13.1. The fraction of sp³-hybridized carbons (Fsp3) is 1.00. The van der Waals surface area contributed by atoms with Gasteiger partial charge >= 0.3 is 0 Å². The number of piperidine rings is 1. The summed E-state index contributed by atoms with van der Waals surface area (Å²) in [6, 6.07) is 0.100. The van der Waals surface area contributed by atoms with Gasteiger partial charge in [-0.25, -0.2) is 4.72 Å². The standard InChI is InChI=1S/C13H27N3O2S/c1-13(2)8-11(13)9-15-19(17,18)16-7-5-4-6-12(16)10-14-3/h11-12,14-15H,4-10H2,1-3H3. The smallest absolute Gasteiger partial charge is 0.279 e. The summed E-state index contributed by atoms with van der Waals surface area (Å²) in [5, 5.41) is 3.10. The van der Waals surface area contributed by atoms with E-state index in [1.165, 1.54) is 0 Å². The van der Waals surface area contributed by atoms with Gasteiger partial charge in [0.2, 0.25) is 0 Å². The second kappa shape index (κ2) is 5.68. The van der Waals surface area contributed by atoms with E-state index in [-0.39, 0.29) is 6.04 Å². The molecule has 2 fully saturated rings. The van der Waals surface area contributed by atoms with Gasteiger partial charge in [0.25, 0.3) is 10.2 Å². The van der Waals surface area contributed by atoms with Crippen LogP contribution >= 0.6 is 0 Å². The van der Waals surface area contributed by atoms with Gasteiger partial charge in [-0.05, 0) is 37.6 Å². The molecule has 1 aliphatic heterocycles. The molecule has 0 radical (unpaired) electrons. The Morgan fingerprint density at radius 2 is 1.95 bits per heavy atom. The van der Waals surface area contributed by atoms with Crippen LogP contribution in [0.3, 0.4) is 0 Å². The second-order valence-corrected chi connectivity index (χ2v) is 8.27. The van der Waals surface area contributed by atoms with Gasteiger partial charge in [0.15, 0.2) is 0 Å². The van der Waals surface area contributed by atoms with E-state index < -0.39 is 10.2 Å². The second-order valence-electron chi connectivity index (χ2n) is 6.56. The van der Waals surface area contributed by atoms with Crippen LogP contribution in [0.4, 0.5) is 0 Å². The molecule has 1 heterocycles. The molecule has 0 aromatic rings. The fourth-order valence-corrected chi connectivity index (χ4v) is 4.46. The lowest BCUT2D eigenvalue weighted by Crippen LogP contribution is -2.52. The van der Waals surface area contributed by atoms with Crippen LogP contribution in [-0.2, 0) is 10.2 Å². The van der Waals surface area contributed by atoms with Crippen LogP contribution in [0.5, 0.6) is 0 Å². The molecule has 0 aromatic carbocycles. The van der Waals surface area contributed by atoms with Gasteiger partial charge in [-0.3, -0.25) is 0 Å². The number of rotatable bonds is 6. The molecule has 0 spiro atoms. The monoisotopic (exact) mass is 289 g/mol. The van der Waals surface area contributed by atoms with Crippen LogP contribution in [0.25, 0.3) is 0 Å². The summed E-state index contributed by atoms with van der Waals surface area (Å²) in [6.45, 7) is 6.34. The Labute approximate surface area is 117 Å². The average Bonchev–Trinajstić information content (AvgIpc) is 2.96. The van der Waals surface area contributed by atoms with Crippen molar-refractivity contribution in [1.29, 1.82) is 0 Å². The van der Waals surface area contributed by atoms with Gasteiger partial charge in [-0.2, -0.15) is 12.7 Å². The van der Waals surface area contributed by atoms with Crippen molar-refractivity contribution in [3.63, 3.8) is 0 Å². The Morgan fingerprint density at radius 3 is 2.53 bits per heavy atom. The first-order valence-electron chi connectivity index (χ1n) is 7.28. The molecule has 2 atom stereocenters. The quantitative estimate of drug-likeness (QED) is 0.765. The Bertz CT molecular complexity index is 406. The SMILES string of the molecule is CNCC1CCCCN1S(=O)(=O)NCC1CC1(C)C. The molecular weight excluding hydrogens is 262 g/mol. The summed E-state index contributed by atoms with van der Waals surface area (Å²) in [7, 11) is -1.44. The highest BCUT2D eigenvalue weighted by atomic mass is 32.2. The highest BCUT2D eigenvalue weighted by molar-refractivity contribution is 7.87. The summed E-state index contributed by atoms with van der Waals surface area (Å²) in [5.74, 6) is 0.495. The molecule has 2 unspecified atom stereocenters. The number of hydrogen-bond donors (Lipinski definition) is 2. The van der Waals surface area contributed by atoms with E-state index in [0.29, 0.717) is 24.4 Å². The molecule has 1 saturated carbocycles. The minimum atomic E-state index is -3.32. The molecule has 112 valence electrons. The first-order chi connectivity index (χ1) is 8.87. The molecule has 0 amide bonds. The molecule has 2 aliphatic rings. The third kappa shape index (κ3) is 3.68. The molecule has 2 rings (SSSR count). The molecular formula is C13H27N3O2S. The van der Waals surface area contributed by atoms with Crippen LogP contribution in [0.1, 0.15) is 39.5 Å². The van der Waals surface area contributed by atoms with Crippen molar-refractivity contribution in [2.24, 2.45) is 11.3 Å². The van der Waals surface area contributed by atoms with Gasteiger partial charge in [0, 0.05) is 25.7 Å². The van der Waals surface area contributed by atoms with Gasteiger partial charge in [-0.1, -0.05) is 20.3 Å². The van der Waals surface area contributed by atoms with Gasteiger partial charge in [0.1, 0.15) is 0 Å². The van der Waals surface area contributed by atoms with Crippen LogP contribution < -0.4 is 10.0 Å². The predicted octanol–water partition coefficient (Wildman–Crippen LogP) is 0.941. The van der Waals surface area contributed by atoms with Crippen molar-refractivity contribution >= 4 is 10.2 Å². The van der Waals surface area contributed by atoms with Crippen LogP contribution in [0, 0.1) is 11.3 Å². The first kappa shape index (κ1) is 15.2. The van der Waals surface area contributed by atoms with E-state index in [0.717, 1.165) is 32.2 Å². The van der Waals surface area contributed by atoms with Crippen LogP contribution in [-0.4, -0.2) is 45.4 Å². The maximum atomic E-state index is 12.4. The van der Waals surface area contributed by atoms with Crippen LogP contribution in [0.2, 0.25) is 0 Å². The van der Waals surface area contributed by atoms with E-state index >= 15 is 0 Å². The summed E-state index contributed by atoms with van der Waals surface area (Å²) in [4.78, 5) is 0. The van der Waals surface area contributed by atoms with Gasteiger partial charge in [0.05, 0.1) is 0 Å². The number of hydrogen-bond acceptors (Lipinski definition) is 3. The fourth-order valence-electron chi connectivity index (χ4n) is 2.94. The summed E-state index contributed by atoms with van der Waals surface area (Å²) in [6.07, 6.45) is 4.16. The van der Waals surface area contributed by atoms with E-state index in [9.17, 15) is 8.42 Å². The predicted molar refractivity (Wildman–Crippen MR) is 77.1 cm³/mol. The van der Waals surface area contributed by atoms with Crippen molar-refractivity contribution in [3.8, 4) is 0 Å². The summed E-state index contributed by atoms with van der Waals surface area (Å²) in [5.41, 5.74) is 0.314. The summed E-state index contributed by atoms with van der Waals surface area (Å²) >= 11 is 0. The maximum absolute atomic E-state index is 12.4. The third-order valence-corrected chi connectivity index (χ3v) is 6.18. The van der Waals surface area contributed by atoms with Crippen molar-refractivity contribution in [2.45, 2.75) is 45.6 Å². The largest absolute Gasteiger partial charge is 0.318 e. The molecule has 6 heteroatoms. The Hall–Kier alpha value is -0.170. The molecule has 1 saturated heterocycles. The minimum Gasteiger partial charge on any atom is -0.318 e. The molecule has 2 N–H and O–H groups in total. The molecule has 0 bridgehead atoms. The van der Waals surface area contributed by atoms with E-state index in [4.69, 9.17) is 0 Å². The number of nitrogens with one attached hydrogen (secondary N) is 2. The van der Waals surface area contributed by atoms with Crippen molar-refractivity contribution in [1.82, 2.24) is 14.3 Å². The van der Waals surface area contributed by atoms with E-state index in [1.807, 2.05) is 7.05 Å². The summed E-state index contributed by atoms with van der Waals surface area (Å²) < 4.78 is 29.3. The number of nitrogens with zero attached hydrogens (tertiary/aromatic N) is 1. The van der Waals surface area contributed by atoms with Gasteiger partial charge < -0.3 is 5.32 Å². The minimum absolute atomic E-state index is 0.100. The van der Waals surface area contributed by atoms with Crippen LogP contribution in [0.15, 0.2) is 0 Å². The maximum Gasteiger partial charge on any atom is 0.279 e. The normalized spacial score (nSPS) is 31.3. The Morgan fingerprint density at radius 1 is 1.26 bits per heavy atom. The highest BCUT2D eigenvalue weighted by Crippen LogP contribution is 2.51. The molecule has 1 aliphatic carbocycles. The highest BCUT2D eigenvalue weighted by Gasteiger charge is 2.46. The number of likely N-dealkylation sites (N-methyl/N-ethyl adjacent to an activating group) is 1. The zero-order chi connectivity index (χ0) is 14.1. The topological polar surface area (TPSA) is 61.4 Å². The molecule has 0 aromatic heterocycles. The first-order valence-corrected chi connectivity index (χ1v) is 8.72. The van der Waals surface area contributed by atoms with Crippen molar-refractivity contribution in [2.75, 3.05) is 26.7 Å². The third-order valence-electron chi connectivity index (χ3n) is 4.55.